The zero-order chi connectivity index (χ0) is 26.8. The number of ether oxygens (including phenoxy) is 1. The minimum atomic E-state index is -0.326. The number of hydrogen-bond acceptors (Lipinski definition) is 7. The van der Waals surface area contributed by atoms with Crippen LogP contribution in [0.5, 0.6) is 5.75 Å². The quantitative estimate of drug-likeness (QED) is 0.295. The van der Waals surface area contributed by atoms with Crippen LogP contribution in [0, 0.1) is 5.82 Å². The van der Waals surface area contributed by atoms with Gasteiger partial charge < -0.3 is 19.4 Å². The molecule has 5 aromatic rings. The van der Waals surface area contributed by atoms with Gasteiger partial charge in [-0.25, -0.2) is 14.4 Å². The number of nitrogens with one attached hydrogen (secondary N) is 1. The molecule has 0 radical (unpaired) electrons. The van der Waals surface area contributed by atoms with E-state index in [0.29, 0.717) is 52.7 Å². The number of carbonyl (C=O) groups excluding carboxylic acids is 1. The number of hydrogen-bond donors (Lipinski definition) is 1. The van der Waals surface area contributed by atoms with E-state index in [4.69, 9.17) is 25.7 Å². The number of amides is 1. The number of piperidine rings is 1. The summed E-state index contributed by atoms with van der Waals surface area (Å²) in [5, 5.41) is 3.99. The Labute approximate surface area is 228 Å². The Morgan fingerprint density at radius 2 is 1.95 bits per heavy atom. The molecule has 39 heavy (non-hydrogen) atoms. The second-order valence-corrected chi connectivity index (χ2v) is 9.64. The monoisotopic (exact) mass is 546 g/mol. The fraction of sp³-hybridized carbons (Fsp3) is 0.214. The third-order valence-corrected chi connectivity index (χ3v) is 6.81. The van der Waals surface area contributed by atoms with Gasteiger partial charge in [0, 0.05) is 42.1 Å². The Morgan fingerprint density at radius 3 is 2.77 bits per heavy atom. The number of fused-ring (bicyclic) bond motifs is 1. The number of likely N-dealkylation sites (tertiary alicyclic amines) is 1. The Kier molecular flexibility index (Phi) is 6.85. The molecule has 0 unspecified atom stereocenters. The van der Waals surface area contributed by atoms with Gasteiger partial charge in [0.1, 0.15) is 29.2 Å². The van der Waals surface area contributed by atoms with Crippen LogP contribution in [0.2, 0.25) is 5.02 Å². The molecule has 1 saturated heterocycles. The summed E-state index contributed by atoms with van der Waals surface area (Å²) in [6.45, 7) is 1.13. The van der Waals surface area contributed by atoms with Crippen molar-refractivity contribution < 1.29 is 18.3 Å². The Balaban J connectivity index is 1.17. The molecule has 4 heterocycles. The molecular weight excluding hydrogens is 523 g/mol. The predicted octanol–water partition coefficient (Wildman–Crippen LogP) is 5.33. The molecular formula is C28H24ClFN6O3. The highest BCUT2D eigenvalue weighted by Crippen LogP contribution is 2.32. The van der Waals surface area contributed by atoms with Crippen molar-refractivity contribution in [1.29, 1.82) is 0 Å². The second-order valence-electron chi connectivity index (χ2n) is 9.20. The average Bonchev–Trinajstić information content (AvgIpc) is 3.55. The molecule has 0 saturated carbocycles. The first kappa shape index (κ1) is 24.9. The molecule has 11 heteroatoms. The lowest BCUT2D eigenvalue weighted by Gasteiger charge is -2.33. The number of anilines is 1. The maximum atomic E-state index is 13.5. The summed E-state index contributed by atoms with van der Waals surface area (Å²) in [4.78, 5) is 28.4. The first-order valence-corrected chi connectivity index (χ1v) is 12.9. The molecule has 6 rings (SSSR count). The molecule has 2 aromatic carbocycles. The zero-order valence-electron chi connectivity index (χ0n) is 20.8. The lowest BCUT2D eigenvalue weighted by molar-refractivity contribution is -0.134. The maximum absolute atomic E-state index is 13.5. The van der Waals surface area contributed by atoms with E-state index in [-0.39, 0.29) is 24.4 Å². The van der Waals surface area contributed by atoms with Gasteiger partial charge in [-0.05, 0) is 67.4 Å². The van der Waals surface area contributed by atoms with Crippen molar-refractivity contribution in [3.63, 3.8) is 0 Å². The molecule has 1 amide bonds. The first-order chi connectivity index (χ1) is 19.0. The molecule has 198 valence electrons. The molecule has 1 fully saturated rings. The topological polar surface area (TPSA) is 97.8 Å². The van der Waals surface area contributed by atoms with Crippen molar-refractivity contribution in [3.8, 4) is 28.4 Å². The SMILES string of the molecule is O=C(COc1ccc(Cl)cc1)N1CCC[C@@H](Nc2nccc(-c3c(-c4ccc(F)cc4)nc4occn34)n2)C1. The summed E-state index contributed by atoms with van der Waals surface area (Å²) >= 11 is 5.91. The number of imidazole rings is 1. The van der Waals surface area contributed by atoms with Crippen molar-refractivity contribution in [2.24, 2.45) is 0 Å². The van der Waals surface area contributed by atoms with Gasteiger partial charge in [-0.15, -0.1) is 0 Å². The van der Waals surface area contributed by atoms with Gasteiger partial charge >= 0.3 is 5.84 Å². The van der Waals surface area contributed by atoms with Crippen LogP contribution in [0.1, 0.15) is 12.8 Å². The molecule has 1 N–H and O–H groups in total. The van der Waals surface area contributed by atoms with Crippen molar-refractivity contribution in [2.75, 3.05) is 25.0 Å². The summed E-state index contributed by atoms with van der Waals surface area (Å²) in [5.41, 5.74) is 2.69. The van der Waals surface area contributed by atoms with Gasteiger partial charge in [0.05, 0.1) is 5.69 Å². The smallest absolute Gasteiger partial charge is 0.306 e. The van der Waals surface area contributed by atoms with Crippen LogP contribution in [-0.2, 0) is 4.79 Å². The van der Waals surface area contributed by atoms with E-state index in [1.54, 1.807) is 70.4 Å². The van der Waals surface area contributed by atoms with Gasteiger partial charge in [0.25, 0.3) is 5.91 Å². The number of halogens is 2. The van der Waals surface area contributed by atoms with Crippen molar-refractivity contribution in [3.05, 3.63) is 84.1 Å². The largest absolute Gasteiger partial charge is 0.484 e. The highest BCUT2D eigenvalue weighted by molar-refractivity contribution is 6.30. The van der Waals surface area contributed by atoms with Crippen molar-refractivity contribution in [1.82, 2.24) is 24.3 Å². The standard InChI is InChI=1S/C28H24ClFN6O3/c29-19-5-9-22(10-6-19)39-17-24(37)35-13-1-2-21(16-35)32-27-31-12-11-23(33-27)26-25(18-3-7-20(30)8-4-18)34-28-36(26)14-15-38-28/h3-12,14-15,21H,1-2,13,16-17H2,(H,31,32,33)/t21-/m1/s1. The summed E-state index contributed by atoms with van der Waals surface area (Å²) < 4.78 is 26.5. The number of rotatable bonds is 7. The van der Waals surface area contributed by atoms with Crippen LogP contribution in [-0.4, -0.2) is 55.9 Å². The Bertz CT molecular complexity index is 1600. The minimum Gasteiger partial charge on any atom is -0.484 e. The lowest BCUT2D eigenvalue weighted by Crippen LogP contribution is -2.46. The zero-order valence-corrected chi connectivity index (χ0v) is 21.5. The van der Waals surface area contributed by atoms with Gasteiger partial charge in [-0.3, -0.25) is 9.20 Å². The minimum absolute atomic E-state index is 0.0237. The van der Waals surface area contributed by atoms with E-state index < -0.39 is 0 Å². The van der Waals surface area contributed by atoms with E-state index in [1.165, 1.54) is 12.1 Å². The van der Waals surface area contributed by atoms with E-state index >= 15 is 0 Å². The Morgan fingerprint density at radius 1 is 1.13 bits per heavy atom. The number of oxazole rings is 1. The molecule has 0 spiro atoms. The molecule has 0 aliphatic carbocycles. The average molecular weight is 547 g/mol. The highest BCUT2D eigenvalue weighted by Gasteiger charge is 2.25. The number of benzene rings is 2. The molecule has 9 nitrogen and oxygen atoms in total. The fourth-order valence-electron chi connectivity index (χ4n) is 4.67. The Hall–Kier alpha value is -4.44. The third kappa shape index (κ3) is 5.42. The van der Waals surface area contributed by atoms with E-state index in [1.807, 2.05) is 0 Å². The van der Waals surface area contributed by atoms with Gasteiger partial charge in [0.2, 0.25) is 5.95 Å². The molecule has 1 atom stereocenters. The van der Waals surface area contributed by atoms with E-state index in [9.17, 15) is 9.18 Å². The molecule has 1 aliphatic heterocycles. The van der Waals surface area contributed by atoms with Gasteiger partial charge in [-0.2, -0.15) is 4.98 Å². The third-order valence-electron chi connectivity index (χ3n) is 6.56. The number of aromatic nitrogens is 4. The molecule has 0 bridgehead atoms. The summed E-state index contributed by atoms with van der Waals surface area (Å²) in [7, 11) is 0. The maximum Gasteiger partial charge on any atom is 0.306 e. The summed E-state index contributed by atoms with van der Waals surface area (Å²) in [6.07, 6.45) is 6.69. The van der Waals surface area contributed by atoms with Crippen LogP contribution in [0.3, 0.4) is 0 Å². The second kappa shape index (κ2) is 10.7. The van der Waals surface area contributed by atoms with Crippen molar-refractivity contribution in [2.45, 2.75) is 18.9 Å². The summed E-state index contributed by atoms with van der Waals surface area (Å²) in [5.74, 6) is 1.02. The first-order valence-electron chi connectivity index (χ1n) is 12.5. The van der Waals surface area contributed by atoms with E-state index in [2.05, 4.69) is 15.3 Å². The molecule has 1 aliphatic rings. The predicted molar refractivity (Wildman–Crippen MR) is 144 cm³/mol. The van der Waals surface area contributed by atoms with E-state index in [0.717, 1.165) is 18.4 Å². The van der Waals surface area contributed by atoms with Crippen LogP contribution in [0.4, 0.5) is 10.3 Å². The van der Waals surface area contributed by atoms with Crippen LogP contribution in [0.25, 0.3) is 28.5 Å². The fourth-order valence-corrected chi connectivity index (χ4v) is 4.80. The van der Waals surface area contributed by atoms with Crippen LogP contribution >= 0.6 is 11.6 Å². The molecule has 3 aromatic heterocycles. The normalized spacial score (nSPS) is 15.4. The van der Waals surface area contributed by atoms with Gasteiger partial charge in [0.15, 0.2) is 6.61 Å². The lowest BCUT2D eigenvalue weighted by atomic mass is 10.1. The van der Waals surface area contributed by atoms with Gasteiger partial charge in [-0.1, -0.05) is 11.6 Å². The van der Waals surface area contributed by atoms with Crippen molar-refractivity contribution >= 4 is 29.3 Å². The van der Waals surface area contributed by atoms with Crippen LogP contribution in [0.15, 0.2) is 77.7 Å². The summed E-state index contributed by atoms with van der Waals surface area (Å²) in [6, 6.07) is 14.8. The highest BCUT2D eigenvalue weighted by atomic mass is 35.5. The van der Waals surface area contributed by atoms with Crippen LogP contribution < -0.4 is 10.1 Å². The number of carbonyl (C=O) groups is 1. The number of nitrogens with zero attached hydrogens (tertiary/aromatic N) is 5.